The van der Waals surface area contributed by atoms with Crippen LogP contribution in [0.2, 0.25) is 0 Å². The van der Waals surface area contributed by atoms with Gasteiger partial charge in [0, 0.05) is 17.9 Å². The Bertz CT molecular complexity index is 412. The largest absolute Gasteiger partial charge is 0.370 e. The molecule has 5 nitrogen and oxygen atoms in total. The van der Waals surface area contributed by atoms with Gasteiger partial charge in [-0.25, -0.2) is 4.98 Å². The van der Waals surface area contributed by atoms with Crippen molar-refractivity contribution in [1.29, 1.82) is 0 Å². The Hall–Kier alpha value is -1.30. The van der Waals surface area contributed by atoms with E-state index in [1.54, 1.807) is 6.07 Å². The Morgan fingerprint density at radius 3 is 2.78 bits per heavy atom. The molecule has 0 fully saturated rings. The quantitative estimate of drug-likeness (QED) is 0.464. The number of hydrogen-bond donors (Lipinski definition) is 1. The molecule has 6 heteroatoms. The normalized spacial score (nSPS) is 12.2. The molecule has 0 aliphatic rings. The summed E-state index contributed by atoms with van der Waals surface area (Å²) in [6.45, 7) is 6.98. The maximum atomic E-state index is 10.9. The van der Waals surface area contributed by atoms with Crippen LogP contribution in [0.3, 0.4) is 0 Å². The molecular formula is C12H19N3O2S. The molecule has 1 aromatic rings. The molecule has 0 aliphatic heterocycles. The van der Waals surface area contributed by atoms with Crippen molar-refractivity contribution in [2.45, 2.75) is 43.9 Å². The van der Waals surface area contributed by atoms with Crippen LogP contribution in [0, 0.1) is 10.1 Å². The number of hydrogen-bond acceptors (Lipinski definition) is 5. The van der Waals surface area contributed by atoms with Crippen LogP contribution >= 0.6 is 11.8 Å². The number of thioether (sulfide) groups is 1. The fraction of sp³-hybridized carbons (Fsp3) is 0.583. The Kier molecular flexibility index (Phi) is 5.91. The van der Waals surface area contributed by atoms with Gasteiger partial charge in [-0.15, -0.1) is 0 Å². The van der Waals surface area contributed by atoms with E-state index in [2.05, 4.69) is 24.1 Å². The third kappa shape index (κ3) is 4.18. The van der Waals surface area contributed by atoms with Crippen LogP contribution in [0.25, 0.3) is 0 Å². The molecule has 1 heterocycles. The van der Waals surface area contributed by atoms with Gasteiger partial charge in [0.15, 0.2) is 5.03 Å². The van der Waals surface area contributed by atoms with E-state index in [0.717, 1.165) is 19.4 Å². The number of anilines is 1. The molecule has 0 bridgehead atoms. The molecule has 100 valence electrons. The summed E-state index contributed by atoms with van der Waals surface area (Å²) in [6.07, 6.45) is 1.95. The van der Waals surface area contributed by atoms with Crippen molar-refractivity contribution in [3.8, 4) is 0 Å². The lowest BCUT2D eigenvalue weighted by Crippen LogP contribution is -2.04. The van der Waals surface area contributed by atoms with Crippen LogP contribution < -0.4 is 5.32 Å². The summed E-state index contributed by atoms with van der Waals surface area (Å²) in [6, 6.07) is 3.18. The number of pyridine rings is 1. The molecule has 0 radical (unpaired) electrons. The highest BCUT2D eigenvalue weighted by Gasteiger charge is 2.18. The van der Waals surface area contributed by atoms with Crippen molar-refractivity contribution >= 4 is 23.3 Å². The number of nitrogens with zero attached hydrogens (tertiary/aromatic N) is 2. The first kappa shape index (κ1) is 14.8. The van der Waals surface area contributed by atoms with Crippen molar-refractivity contribution in [3.05, 3.63) is 22.2 Å². The van der Waals surface area contributed by atoms with Gasteiger partial charge in [0.2, 0.25) is 0 Å². The Morgan fingerprint density at radius 2 is 2.22 bits per heavy atom. The van der Waals surface area contributed by atoms with Crippen molar-refractivity contribution in [2.24, 2.45) is 0 Å². The van der Waals surface area contributed by atoms with Gasteiger partial charge in [0.05, 0.1) is 4.92 Å². The van der Waals surface area contributed by atoms with Gasteiger partial charge in [-0.3, -0.25) is 10.1 Å². The van der Waals surface area contributed by atoms with Crippen molar-refractivity contribution in [2.75, 3.05) is 11.9 Å². The molecular weight excluding hydrogens is 250 g/mol. The van der Waals surface area contributed by atoms with Gasteiger partial charge < -0.3 is 5.32 Å². The highest BCUT2D eigenvalue weighted by molar-refractivity contribution is 8.00. The van der Waals surface area contributed by atoms with E-state index in [9.17, 15) is 10.1 Å². The summed E-state index contributed by atoms with van der Waals surface area (Å²) in [4.78, 5) is 14.9. The first-order valence-electron chi connectivity index (χ1n) is 6.14. The molecule has 0 saturated carbocycles. The van der Waals surface area contributed by atoms with Crippen LogP contribution in [0.4, 0.5) is 11.5 Å². The van der Waals surface area contributed by atoms with Crippen LogP contribution in [0.15, 0.2) is 17.2 Å². The number of nitrogens with one attached hydrogen (secondary N) is 1. The highest BCUT2D eigenvalue weighted by atomic mass is 32.2. The molecule has 0 amide bonds. The third-order valence-electron chi connectivity index (χ3n) is 2.48. The second-order valence-corrected chi connectivity index (χ2v) is 5.47. The molecule has 1 rings (SSSR count). The van der Waals surface area contributed by atoms with Gasteiger partial charge in [-0.1, -0.05) is 32.5 Å². The zero-order valence-corrected chi connectivity index (χ0v) is 11.8. The summed E-state index contributed by atoms with van der Waals surface area (Å²) in [7, 11) is 0. The Labute approximate surface area is 112 Å². The van der Waals surface area contributed by atoms with Gasteiger partial charge in [-0.2, -0.15) is 0 Å². The summed E-state index contributed by atoms with van der Waals surface area (Å²) in [5.74, 6) is 0.702. The highest BCUT2D eigenvalue weighted by Crippen LogP contribution is 2.32. The average molecular weight is 269 g/mol. The monoisotopic (exact) mass is 269 g/mol. The van der Waals surface area contributed by atoms with Crippen LogP contribution in [0.1, 0.15) is 33.6 Å². The molecule has 0 aromatic carbocycles. The van der Waals surface area contributed by atoms with Gasteiger partial charge in [0.25, 0.3) is 0 Å². The van der Waals surface area contributed by atoms with E-state index < -0.39 is 0 Å². The fourth-order valence-electron chi connectivity index (χ4n) is 1.28. The van der Waals surface area contributed by atoms with Crippen molar-refractivity contribution in [1.82, 2.24) is 4.98 Å². The van der Waals surface area contributed by atoms with Crippen LogP contribution in [-0.2, 0) is 0 Å². The van der Waals surface area contributed by atoms with E-state index in [1.807, 2.05) is 6.92 Å². The Morgan fingerprint density at radius 1 is 1.50 bits per heavy atom. The maximum absolute atomic E-state index is 10.9. The number of aromatic nitrogens is 1. The zero-order chi connectivity index (χ0) is 13.5. The lowest BCUT2D eigenvalue weighted by molar-refractivity contribution is -0.388. The van der Waals surface area contributed by atoms with E-state index in [0.29, 0.717) is 16.1 Å². The lowest BCUT2D eigenvalue weighted by Gasteiger charge is -2.10. The standard InChI is InChI=1S/C12H19N3O2S/c1-4-8-13-11-7-6-10(15(16)17)12(14-11)18-9(3)5-2/h6-7,9H,4-5,8H2,1-3H3,(H,13,14). The third-order valence-corrected chi connectivity index (χ3v) is 3.74. The SMILES string of the molecule is CCCNc1ccc([N+](=O)[O-])c(SC(C)CC)n1. The second kappa shape index (κ2) is 7.20. The zero-order valence-electron chi connectivity index (χ0n) is 11.0. The topological polar surface area (TPSA) is 68.1 Å². The summed E-state index contributed by atoms with van der Waals surface area (Å²) >= 11 is 1.45. The van der Waals surface area contributed by atoms with Gasteiger partial charge in [0.1, 0.15) is 5.82 Å². The van der Waals surface area contributed by atoms with E-state index in [4.69, 9.17) is 0 Å². The minimum Gasteiger partial charge on any atom is -0.370 e. The molecule has 0 spiro atoms. The molecule has 1 unspecified atom stereocenters. The summed E-state index contributed by atoms with van der Waals surface area (Å²) < 4.78 is 0. The van der Waals surface area contributed by atoms with Crippen LogP contribution in [-0.4, -0.2) is 21.7 Å². The van der Waals surface area contributed by atoms with Crippen LogP contribution in [0.5, 0.6) is 0 Å². The number of nitro groups is 1. The molecule has 1 aromatic heterocycles. The minimum absolute atomic E-state index is 0.0855. The predicted molar refractivity (Wildman–Crippen MR) is 75.3 cm³/mol. The maximum Gasteiger partial charge on any atom is 0.301 e. The van der Waals surface area contributed by atoms with Gasteiger partial charge in [-0.05, 0) is 18.9 Å². The smallest absolute Gasteiger partial charge is 0.301 e. The van der Waals surface area contributed by atoms with Gasteiger partial charge >= 0.3 is 5.69 Å². The first-order chi connectivity index (χ1) is 8.58. The van der Waals surface area contributed by atoms with E-state index >= 15 is 0 Å². The summed E-state index contributed by atoms with van der Waals surface area (Å²) in [5, 5.41) is 14.9. The average Bonchev–Trinajstić information content (AvgIpc) is 2.36. The molecule has 1 atom stereocenters. The predicted octanol–water partition coefficient (Wildman–Crippen LogP) is 3.70. The van der Waals surface area contributed by atoms with Crippen molar-refractivity contribution < 1.29 is 4.92 Å². The molecule has 0 aliphatic carbocycles. The second-order valence-electron chi connectivity index (χ2n) is 4.04. The number of rotatable bonds is 7. The molecule has 0 saturated heterocycles. The fourth-order valence-corrected chi connectivity index (χ4v) is 2.25. The Balaban J connectivity index is 2.95. The van der Waals surface area contributed by atoms with E-state index in [-0.39, 0.29) is 10.6 Å². The molecule has 1 N–H and O–H groups in total. The summed E-state index contributed by atoms with van der Waals surface area (Å²) in [5.41, 5.74) is 0.0855. The minimum atomic E-state index is -0.374. The molecule has 18 heavy (non-hydrogen) atoms. The lowest BCUT2D eigenvalue weighted by atomic mass is 10.4. The first-order valence-corrected chi connectivity index (χ1v) is 7.02. The van der Waals surface area contributed by atoms with Crippen molar-refractivity contribution in [3.63, 3.8) is 0 Å². The van der Waals surface area contributed by atoms with E-state index in [1.165, 1.54) is 17.8 Å².